The van der Waals surface area contributed by atoms with Gasteiger partial charge in [0.2, 0.25) is 0 Å². The minimum atomic E-state index is 0.879. The lowest BCUT2D eigenvalue weighted by molar-refractivity contribution is 0.358. The fourth-order valence-electron chi connectivity index (χ4n) is 2.09. The van der Waals surface area contributed by atoms with Crippen LogP contribution in [0.25, 0.3) is 0 Å². The highest BCUT2D eigenvalue weighted by Gasteiger charge is 2.12. The summed E-state index contributed by atoms with van der Waals surface area (Å²) in [5.41, 5.74) is 1.37. The van der Waals surface area contributed by atoms with E-state index in [4.69, 9.17) is 0 Å². The van der Waals surface area contributed by atoms with Gasteiger partial charge < -0.3 is 5.32 Å². The molecule has 1 aliphatic heterocycles. The van der Waals surface area contributed by atoms with E-state index in [1.54, 1.807) is 0 Å². The molecule has 1 aliphatic rings. The highest BCUT2D eigenvalue weighted by atomic mass is 14.9. The van der Waals surface area contributed by atoms with Gasteiger partial charge in [0, 0.05) is 12.4 Å². The summed E-state index contributed by atoms with van der Waals surface area (Å²) < 4.78 is 0. The Hall–Kier alpha value is -0.890. The van der Waals surface area contributed by atoms with Crippen molar-refractivity contribution < 1.29 is 0 Å². The molecule has 1 saturated heterocycles. The fourth-order valence-corrected chi connectivity index (χ4v) is 2.09. The summed E-state index contributed by atoms with van der Waals surface area (Å²) in [6.07, 6.45) is 9.05. The van der Waals surface area contributed by atoms with Gasteiger partial charge in [0.25, 0.3) is 0 Å². The number of hydrogen-bond acceptors (Lipinski definition) is 2. The minimum absolute atomic E-state index is 0.879. The molecular formula is C12H18N2. The zero-order chi connectivity index (χ0) is 9.64. The van der Waals surface area contributed by atoms with Crippen molar-refractivity contribution in [1.82, 2.24) is 10.3 Å². The second-order valence-corrected chi connectivity index (χ2v) is 4.11. The first-order valence-corrected chi connectivity index (χ1v) is 5.55. The lowest BCUT2D eigenvalue weighted by Crippen LogP contribution is -2.29. The topological polar surface area (TPSA) is 24.9 Å². The third kappa shape index (κ3) is 2.81. The molecule has 14 heavy (non-hydrogen) atoms. The average molecular weight is 190 g/mol. The standard InChI is InChI=1S/C12H18N2/c1-3-11(9-13-7-1)5-6-12-4-2-8-14-10-12/h1,3,7,9,12,14H,2,4-6,8,10H2. The largest absolute Gasteiger partial charge is 0.316 e. The van der Waals surface area contributed by atoms with Crippen molar-refractivity contribution >= 4 is 0 Å². The quantitative estimate of drug-likeness (QED) is 0.788. The number of pyridine rings is 1. The first kappa shape index (κ1) is 9.66. The maximum atomic E-state index is 4.13. The Balaban J connectivity index is 1.76. The van der Waals surface area contributed by atoms with Crippen LogP contribution in [0.2, 0.25) is 0 Å². The maximum Gasteiger partial charge on any atom is 0.0299 e. The van der Waals surface area contributed by atoms with E-state index >= 15 is 0 Å². The molecule has 0 aromatic carbocycles. The number of hydrogen-bond donors (Lipinski definition) is 1. The molecule has 1 fully saturated rings. The van der Waals surface area contributed by atoms with Crippen molar-refractivity contribution in [2.75, 3.05) is 13.1 Å². The lowest BCUT2D eigenvalue weighted by atomic mass is 9.93. The summed E-state index contributed by atoms with van der Waals surface area (Å²) in [5, 5.41) is 3.46. The Morgan fingerprint density at radius 3 is 3.21 bits per heavy atom. The molecule has 0 spiro atoms. The molecular weight excluding hydrogens is 172 g/mol. The molecule has 2 heteroatoms. The van der Waals surface area contributed by atoms with E-state index in [-0.39, 0.29) is 0 Å². The van der Waals surface area contributed by atoms with E-state index in [2.05, 4.69) is 16.4 Å². The molecule has 2 nitrogen and oxygen atoms in total. The Morgan fingerprint density at radius 1 is 1.50 bits per heavy atom. The van der Waals surface area contributed by atoms with Crippen LogP contribution in [0.5, 0.6) is 0 Å². The van der Waals surface area contributed by atoms with Crippen molar-refractivity contribution in [3.8, 4) is 0 Å². The monoisotopic (exact) mass is 190 g/mol. The third-order valence-electron chi connectivity index (χ3n) is 2.96. The van der Waals surface area contributed by atoms with E-state index in [9.17, 15) is 0 Å². The van der Waals surface area contributed by atoms with Gasteiger partial charge in [-0.15, -0.1) is 0 Å². The summed E-state index contributed by atoms with van der Waals surface area (Å²) in [6, 6.07) is 4.19. The highest BCUT2D eigenvalue weighted by molar-refractivity contribution is 5.08. The molecule has 1 aromatic heterocycles. The molecule has 1 aromatic rings. The Morgan fingerprint density at radius 2 is 2.50 bits per heavy atom. The van der Waals surface area contributed by atoms with Crippen LogP contribution in [-0.2, 0) is 6.42 Å². The summed E-state index contributed by atoms with van der Waals surface area (Å²) in [5.74, 6) is 0.879. The molecule has 0 radical (unpaired) electrons. The van der Waals surface area contributed by atoms with Crippen LogP contribution in [0.4, 0.5) is 0 Å². The molecule has 0 bridgehead atoms. The lowest BCUT2D eigenvalue weighted by Gasteiger charge is -2.22. The number of aromatic nitrogens is 1. The molecule has 0 saturated carbocycles. The molecule has 1 N–H and O–H groups in total. The van der Waals surface area contributed by atoms with Crippen LogP contribution in [0, 0.1) is 5.92 Å². The number of rotatable bonds is 3. The first-order valence-electron chi connectivity index (χ1n) is 5.55. The number of nitrogens with zero attached hydrogens (tertiary/aromatic N) is 1. The van der Waals surface area contributed by atoms with Gasteiger partial charge in [-0.2, -0.15) is 0 Å². The number of nitrogens with one attached hydrogen (secondary N) is 1. The van der Waals surface area contributed by atoms with Crippen molar-refractivity contribution in [3.63, 3.8) is 0 Å². The van der Waals surface area contributed by atoms with E-state index < -0.39 is 0 Å². The predicted molar refractivity (Wildman–Crippen MR) is 58.2 cm³/mol. The van der Waals surface area contributed by atoms with Gasteiger partial charge in [0.1, 0.15) is 0 Å². The Kier molecular flexibility index (Phi) is 3.52. The third-order valence-corrected chi connectivity index (χ3v) is 2.96. The fraction of sp³-hybridized carbons (Fsp3) is 0.583. The molecule has 0 amide bonds. The Bertz CT molecular complexity index is 252. The van der Waals surface area contributed by atoms with Gasteiger partial charge in [-0.25, -0.2) is 0 Å². The van der Waals surface area contributed by atoms with Crippen LogP contribution in [0.3, 0.4) is 0 Å². The van der Waals surface area contributed by atoms with Crippen molar-refractivity contribution in [2.24, 2.45) is 5.92 Å². The predicted octanol–water partition coefficient (Wildman–Crippen LogP) is 2.01. The van der Waals surface area contributed by atoms with Crippen LogP contribution < -0.4 is 5.32 Å². The van der Waals surface area contributed by atoms with Crippen molar-refractivity contribution in [2.45, 2.75) is 25.7 Å². The first-order chi connectivity index (χ1) is 6.95. The molecule has 1 atom stereocenters. The van der Waals surface area contributed by atoms with Gasteiger partial charge in [0.15, 0.2) is 0 Å². The molecule has 2 heterocycles. The molecule has 2 rings (SSSR count). The zero-order valence-corrected chi connectivity index (χ0v) is 8.58. The second kappa shape index (κ2) is 5.11. The minimum Gasteiger partial charge on any atom is -0.316 e. The van der Waals surface area contributed by atoms with E-state index in [1.807, 2.05) is 18.5 Å². The summed E-state index contributed by atoms with van der Waals surface area (Å²) in [6.45, 7) is 2.42. The van der Waals surface area contributed by atoms with E-state index in [0.717, 1.165) is 5.92 Å². The van der Waals surface area contributed by atoms with Crippen molar-refractivity contribution in [1.29, 1.82) is 0 Å². The second-order valence-electron chi connectivity index (χ2n) is 4.11. The van der Waals surface area contributed by atoms with Gasteiger partial charge in [0.05, 0.1) is 0 Å². The van der Waals surface area contributed by atoms with Gasteiger partial charge >= 0.3 is 0 Å². The number of aryl methyl sites for hydroxylation is 1. The summed E-state index contributed by atoms with van der Waals surface area (Å²) in [4.78, 5) is 4.13. The summed E-state index contributed by atoms with van der Waals surface area (Å²) >= 11 is 0. The normalized spacial score (nSPS) is 22.1. The zero-order valence-electron chi connectivity index (χ0n) is 8.58. The van der Waals surface area contributed by atoms with E-state index in [0.29, 0.717) is 0 Å². The van der Waals surface area contributed by atoms with E-state index in [1.165, 1.54) is 44.3 Å². The Labute approximate surface area is 85.7 Å². The maximum absolute atomic E-state index is 4.13. The van der Waals surface area contributed by atoms with Crippen LogP contribution in [-0.4, -0.2) is 18.1 Å². The smallest absolute Gasteiger partial charge is 0.0299 e. The molecule has 1 unspecified atom stereocenters. The summed E-state index contributed by atoms with van der Waals surface area (Å²) in [7, 11) is 0. The van der Waals surface area contributed by atoms with Gasteiger partial charge in [-0.05, 0) is 56.3 Å². The SMILES string of the molecule is c1cncc(CCC2CCCNC2)c1. The van der Waals surface area contributed by atoms with Crippen LogP contribution in [0.1, 0.15) is 24.8 Å². The highest BCUT2D eigenvalue weighted by Crippen LogP contribution is 2.16. The average Bonchev–Trinajstić information content (AvgIpc) is 2.29. The van der Waals surface area contributed by atoms with Crippen LogP contribution >= 0.6 is 0 Å². The number of piperidine rings is 1. The molecule has 0 aliphatic carbocycles. The van der Waals surface area contributed by atoms with Crippen LogP contribution in [0.15, 0.2) is 24.5 Å². The van der Waals surface area contributed by atoms with Gasteiger partial charge in [-0.3, -0.25) is 4.98 Å². The van der Waals surface area contributed by atoms with Gasteiger partial charge in [-0.1, -0.05) is 6.07 Å². The van der Waals surface area contributed by atoms with Crippen molar-refractivity contribution in [3.05, 3.63) is 30.1 Å². The molecule has 76 valence electrons.